The molecule has 0 bridgehead atoms. The molecule has 0 saturated heterocycles. The zero-order chi connectivity index (χ0) is 15.1. The lowest BCUT2D eigenvalue weighted by Crippen LogP contribution is -2.29. The van der Waals surface area contributed by atoms with E-state index in [4.69, 9.17) is 5.73 Å². The van der Waals surface area contributed by atoms with Crippen LogP contribution in [0.1, 0.15) is 19.5 Å². The van der Waals surface area contributed by atoms with Gasteiger partial charge in [-0.05, 0) is 19.9 Å². The fraction of sp³-hybridized carbons (Fsp3) is 0.273. The Morgan fingerprint density at radius 2 is 2.05 bits per heavy atom. The van der Waals surface area contributed by atoms with E-state index < -0.39 is 33.5 Å². The van der Waals surface area contributed by atoms with Crippen LogP contribution >= 0.6 is 0 Å². The van der Waals surface area contributed by atoms with Crippen LogP contribution < -0.4 is 5.73 Å². The highest BCUT2D eigenvalue weighted by Gasteiger charge is 2.26. The molecule has 0 atom stereocenters. The molecule has 9 heteroatoms. The number of nitrogens with zero attached hydrogens (tertiary/aromatic N) is 4. The van der Waals surface area contributed by atoms with Gasteiger partial charge < -0.3 is 5.73 Å². The van der Waals surface area contributed by atoms with E-state index in [0.29, 0.717) is 6.07 Å². The van der Waals surface area contributed by atoms with Crippen LogP contribution in [-0.2, 0) is 5.54 Å². The van der Waals surface area contributed by atoms with Gasteiger partial charge in [-0.25, -0.2) is 13.5 Å². The third-order valence-electron chi connectivity index (χ3n) is 2.63. The Labute approximate surface area is 112 Å². The van der Waals surface area contributed by atoms with Crippen molar-refractivity contribution in [1.29, 1.82) is 0 Å². The van der Waals surface area contributed by atoms with Crippen LogP contribution in [0.4, 0.5) is 14.5 Å². The van der Waals surface area contributed by atoms with E-state index in [1.54, 1.807) is 13.8 Å². The lowest BCUT2D eigenvalue weighted by atomic mass is 10.0. The molecule has 0 fully saturated rings. The predicted octanol–water partition coefficient (Wildman–Crippen LogP) is 1.65. The van der Waals surface area contributed by atoms with Gasteiger partial charge in [0.15, 0.2) is 17.3 Å². The smallest absolute Gasteiger partial charge is 0.298 e. The van der Waals surface area contributed by atoms with Gasteiger partial charge in [0.2, 0.25) is 0 Å². The number of benzene rings is 1. The summed E-state index contributed by atoms with van der Waals surface area (Å²) in [6, 6.07) is 1.55. The summed E-state index contributed by atoms with van der Waals surface area (Å²) in [4.78, 5) is 10.1. The van der Waals surface area contributed by atoms with E-state index in [2.05, 4.69) is 10.3 Å². The van der Waals surface area contributed by atoms with Crippen molar-refractivity contribution < 1.29 is 13.7 Å². The molecule has 0 spiro atoms. The van der Waals surface area contributed by atoms with E-state index in [-0.39, 0.29) is 5.69 Å². The maximum absolute atomic E-state index is 13.8. The molecule has 1 aromatic heterocycles. The van der Waals surface area contributed by atoms with E-state index in [0.717, 1.165) is 10.7 Å². The van der Waals surface area contributed by atoms with Gasteiger partial charge in [-0.2, -0.15) is 0 Å². The third kappa shape index (κ3) is 2.35. The summed E-state index contributed by atoms with van der Waals surface area (Å²) in [6.45, 7) is 3.27. The fourth-order valence-electron chi connectivity index (χ4n) is 1.56. The molecule has 2 aromatic rings. The molecule has 2 N–H and O–H groups in total. The molecule has 0 unspecified atom stereocenters. The first-order chi connectivity index (χ1) is 9.21. The van der Waals surface area contributed by atoms with Gasteiger partial charge in [-0.3, -0.25) is 10.1 Å². The lowest BCUT2D eigenvalue weighted by Gasteiger charge is -2.13. The maximum atomic E-state index is 13.8. The second-order valence-electron chi connectivity index (χ2n) is 4.76. The van der Waals surface area contributed by atoms with Gasteiger partial charge in [0.25, 0.3) is 5.69 Å². The number of nitro groups is 1. The molecule has 0 aliphatic rings. The molecule has 0 saturated carbocycles. The highest BCUT2D eigenvalue weighted by atomic mass is 19.2. The van der Waals surface area contributed by atoms with Crippen LogP contribution in [0.5, 0.6) is 0 Å². The average molecular weight is 283 g/mol. The Kier molecular flexibility index (Phi) is 3.22. The van der Waals surface area contributed by atoms with Gasteiger partial charge in [0, 0.05) is 6.07 Å². The van der Waals surface area contributed by atoms with Crippen molar-refractivity contribution in [2.24, 2.45) is 5.73 Å². The molecule has 0 amide bonds. The largest absolute Gasteiger partial charge is 0.320 e. The fourth-order valence-corrected chi connectivity index (χ4v) is 1.56. The van der Waals surface area contributed by atoms with Crippen LogP contribution in [0.15, 0.2) is 18.3 Å². The maximum Gasteiger partial charge on any atom is 0.298 e. The molecule has 0 aliphatic carbocycles. The minimum atomic E-state index is -1.37. The number of rotatable bonds is 3. The molecular weight excluding hydrogens is 272 g/mol. The molecule has 0 aliphatic heterocycles. The number of hydrogen-bond acceptors (Lipinski definition) is 5. The predicted molar refractivity (Wildman–Crippen MR) is 65.1 cm³/mol. The SMILES string of the molecule is CC(C)(N)c1cn(-c2c([N+](=O)[O-])ccc(F)c2F)nn1. The zero-order valence-corrected chi connectivity index (χ0v) is 10.7. The van der Waals surface area contributed by atoms with Crippen LogP contribution in [0.3, 0.4) is 0 Å². The highest BCUT2D eigenvalue weighted by molar-refractivity contribution is 5.53. The Morgan fingerprint density at radius 3 is 2.55 bits per heavy atom. The Hall–Kier alpha value is -2.42. The summed E-state index contributed by atoms with van der Waals surface area (Å²) >= 11 is 0. The van der Waals surface area contributed by atoms with E-state index in [1.165, 1.54) is 6.20 Å². The lowest BCUT2D eigenvalue weighted by molar-refractivity contribution is -0.384. The van der Waals surface area contributed by atoms with Gasteiger partial charge in [-0.1, -0.05) is 5.21 Å². The standard InChI is InChI=1S/C11H11F2N5O2/c1-11(2,14)8-5-17(16-15-8)10-7(18(19)20)4-3-6(12)9(10)13/h3-5H,14H2,1-2H3. The molecule has 106 valence electrons. The van der Waals surface area contributed by atoms with Crippen molar-refractivity contribution in [1.82, 2.24) is 15.0 Å². The minimum absolute atomic E-state index is 0.287. The summed E-state index contributed by atoms with van der Waals surface area (Å²) < 4.78 is 27.9. The van der Waals surface area contributed by atoms with Gasteiger partial charge in [0.1, 0.15) is 5.69 Å². The van der Waals surface area contributed by atoms with Gasteiger partial charge in [0.05, 0.1) is 16.7 Å². The quantitative estimate of drug-likeness (QED) is 0.682. The second kappa shape index (κ2) is 4.60. The summed E-state index contributed by atoms with van der Waals surface area (Å²) in [7, 11) is 0. The van der Waals surface area contributed by atoms with Crippen molar-refractivity contribution in [3.63, 3.8) is 0 Å². The van der Waals surface area contributed by atoms with Crippen molar-refractivity contribution in [2.45, 2.75) is 19.4 Å². The molecule has 20 heavy (non-hydrogen) atoms. The molecule has 1 heterocycles. The monoisotopic (exact) mass is 283 g/mol. The first-order valence-corrected chi connectivity index (χ1v) is 5.56. The number of nitrogens with two attached hydrogens (primary N) is 1. The van der Waals surface area contributed by atoms with Gasteiger partial charge in [-0.15, -0.1) is 5.10 Å². The van der Waals surface area contributed by atoms with Gasteiger partial charge >= 0.3 is 0 Å². The molecule has 1 aromatic carbocycles. The van der Waals surface area contributed by atoms with E-state index >= 15 is 0 Å². The van der Waals surface area contributed by atoms with Crippen molar-refractivity contribution in [3.05, 3.63) is 45.8 Å². The van der Waals surface area contributed by atoms with Crippen molar-refractivity contribution in [3.8, 4) is 5.69 Å². The molecule has 2 rings (SSSR count). The highest BCUT2D eigenvalue weighted by Crippen LogP contribution is 2.27. The first-order valence-electron chi connectivity index (χ1n) is 5.56. The first kappa shape index (κ1) is 14.0. The molecular formula is C11H11F2N5O2. The number of halogens is 2. The average Bonchev–Trinajstić information content (AvgIpc) is 2.80. The molecule has 0 radical (unpaired) electrons. The summed E-state index contributed by atoms with van der Waals surface area (Å²) in [5.74, 6) is -2.58. The minimum Gasteiger partial charge on any atom is -0.320 e. The van der Waals surface area contributed by atoms with Crippen LogP contribution in [0, 0.1) is 21.7 Å². The summed E-state index contributed by atoms with van der Waals surface area (Å²) in [5.41, 5.74) is 3.99. The zero-order valence-electron chi connectivity index (χ0n) is 10.7. The second-order valence-corrected chi connectivity index (χ2v) is 4.76. The summed E-state index contributed by atoms with van der Waals surface area (Å²) in [6.07, 6.45) is 1.23. The Bertz CT molecular complexity index is 678. The Balaban J connectivity index is 2.66. The van der Waals surface area contributed by atoms with Crippen molar-refractivity contribution >= 4 is 5.69 Å². The van der Waals surface area contributed by atoms with Crippen molar-refractivity contribution in [2.75, 3.05) is 0 Å². The van der Waals surface area contributed by atoms with Crippen LogP contribution in [0.25, 0.3) is 5.69 Å². The third-order valence-corrected chi connectivity index (χ3v) is 2.63. The normalized spacial score (nSPS) is 11.7. The topological polar surface area (TPSA) is 99.9 Å². The summed E-state index contributed by atoms with van der Waals surface area (Å²) in [5, 5.41) is 18.2. The number of hydrogen-bond donors (Lipinski definition) is 1. The van der Waals surface area contributed by atoms with E-state index in [9.17, 15) is 18.9 Å². The van der Waals surface area contributed by atoms with Crippen LogP contribution in [-0.4, -0.2) is 19.9 Å². The van der Waals surface area contributed by atoms with E-state index in [1.807, 2.05) is 0 Å². The van der Waals surface area contributed by atoms with Crippen LogP contribution in [0.2, 0.25) is 0 Å². The number of nitro benzene ring substituents is 1. The number of aromatic nitrogens is 3. The Morgan fingerprint density at radius 1 is 1.40 bits per heavy atom. The molecule has 7 nitrogen and oxygen atoms in total.